The maximum atomic E-state index is 13.7. The van der Waals surface area contributed by atoms with E-state index in [1.165, 1.54) is 21.7 Å². The first kappa shape index (κ1) is 28.9. The summed E-state index contributed by atoms with van der Waals surface area (Å²) in [5.74, 6) is -0.352. The van der Waals surface area contributed by atoms with Crippen LogP contribution < -0.4 is 5.32 Å². The van der Waals surface area contributed by atoms with Crippen LogP contribution in [-0.4, -0.2) is 59.7 Å². The number of amides is 1. The molecule has 200 valence electrons. The highest BCUT2D eigenvalue weighted by Crippen LogP contribution is 2.25. The second-order valence-corrected chi connectivity index (χ2v) is 12.3. The number of carbonyl (C=O) groups excluding carboxylic acids is 2. The summed E-state index contributed by atoms with van der Waals surface area (Å²) in [6.45, 7) is 5.59. The molecule has 0 spiro atoms. The molecule has 0 bridgehead atoms. The Labute approximate surface area is 222 Å². The smallest absolute Gasteiger partial charge is 0.243 e. The summed E-state index contributed by atoms with van der Waals surface area (Å²) in [5, 5.41) is 14.1. The first-order valence-corrected chi connectivity index (χ1v) is 14.8. The predicted octanol–water partition coefficient (Wildman–Crippen LogP) is 3.79. The summed E-state index contributed by atoms with van der Waals surface area (Å²) in [4.78, 5) is 28.7. The molecule has 2 atom stereocenters. The Morgan fingerprint density at radius 2 is 1.81 bits per heavy atom. The van der Waals surface area contributed by atoms with Crippen LogP contribution in [-0.2, 0) is 26.0 Å². The molecule has 0 aliphatic rings. The Morgan fingerprint density at radius 1 is 1.08 bits per heavy atom. The van der Waals surface area contributed by atoms with Crippen molar-refractivity contribution in [2.24, 2.45) is 5.92 Å². The molecule has 37 heavy (non-hydrogen) atoms. The predicted molar refractivity (Wildman–Crippen MR) is 146 cm³/mol. The van der Waals surface area contributed by atoms with Gasteiger partial charge in [-0.15, -0.1) is 11.3 Å². The van der Waals surface area contributed by atoms with Crippen molar-refractivity contribution in [3.63, 3.8) is 0 Å². The van der Waals surface area contributed by atoms with Gasteiger partial charge in [-0.25, -0.2) is 13.4 Å². The van der Waals surface area contributed by atoms with Crippen LogP contribution in [0.1, 0.15) is 45.6 Å². The maximum absolute atomic E-state index is 13.7. The molecule has 2 N–H and O–H groups in total. The number of nitrogens with zero attached hydrogens (tertiary/aromatic N) is 2. The van der Waals surface area contributed by atoms with Crippen LogP contribution in [0.3, 0.4) is 0 Å². The third-order valence-electron chi connectivity index (χ3n) is 6.03. The molecule has 0 fully saturated rings. The highest BCUT2D eigenvalue weighted by molar-refractivity contribution is 7.89. The number of carbonyl (C=O) groups is 2. The highest BCUT2D eigenvalue weighted by atomic mass is 32.2. The number of aliphatic hydroxyl groups is 1. The summed E-state index contributed by atoms with van der Waals surface area (Å²) in [5.41, 5.74) is 3.29. The molecule has 1 amide bonds. The van der Waals surface area contributed by atoms with Crippen LogP contribution in [0.2, 0.25) is 0 Å². The number of Topliss-reactive ketones (excluding diaryl/α,β-unsaturated/α-hetero) is 1. The van der Waals surface area contributed by atoms with E-state index in [1.54, 1.807) is 24.6 Å². The van der Waals surface area contributed by atoms with Gasteiger partial charge in [0.25, 0.3) is 0 Å². The van der Waals surface area contributed by atoms with Gasteiger partial charge in [0, 0.05) is 32.4 Å². The largest absolute Gasteiger partial charge is 0.390 e. The second kappa shape index (κ2) is 13.2. The van der Waals surface area contributed by atoms with Crippen molar-refractivity contribution in [3.8, 4) is 0 Å². The number of benzene rings is 2. The summed E-state index contributed by atoms with van der Waals surface area (Å²) in [6.07, 6.45) is -0.346. The first-order valence-electron chi connectivity index (χ1n) is 12.5. The zero-order valence-corrected chi connectivity index (χ0v) is 23.1. The van der Waals surface area contributed by atoms with Gasteiger partial charge in [0.15, 0.2) is 0 Å². The van der Waals surface area contributed by atoms with E-state index in [0.29, 0.717) is 12.8 Å². The van der Waals surface area contributed by atoms with Crippen molar-refractivity contribution in [1.82, 2.24) is 14.6 Å². The molecule has 0 aliphatic heterocycles. The summed E-state index contributed by atoms with van der Waals surface area (Å²) in [7, 11) is -3.93. The minimum absolute atomic E-state index is 0.0105. The van der Waals surface area contributed by atoms with Gasteiger partial charge in [0.1, 0.15) is 5.78 Å². The molecule has 1 aromatic heterocycles. The number of fused-ring (bicyclic) bond motifs is 1. The van der Waals surface area contributed by atoms with Crippen molar-refractivity contribution in [2.45, 2.75) is 63.5 Å². The minimum Gasteiger partial charge on any atom is -0.390 e. The van der Waals surface area contributed by atoms with Crippen LogP contribution in [0.5, 0.6) is 0 Å². The van der Waals surface area contributed by atoms with E-state index in [4.69, 9.17) is 0 Å². The molecule has 0 aliphatic carbocycles. The number of ketones is 1. The van der Waals surface area contributed by atoms with Gasteiger partial charge in [-0.2, -0.15) is 4.31 Å². The zero-order chi connectivity index (χ0) is 27.0. The van der Waals surface area contributed by atoms with Crippen molar-refractivity contribution in [2.75, 3.05) is 13.1 Å². The van der Waals surface area contributed by atoms with Crippen LogP contribution in [0, 0.1) is 5.92 Å². The van der Waals surface area contributed by atoms with E-state index < -0.39 is 22.2 Å². The molecule has 2 aromatic carbocycles. The van der Waals surface area contributed by atoms with Gasteiger partial charge in [-0.1, -0.05) is 51.1 Å². The van der Waals surface area contributed by atoms with Crippen molar-refractivity contribution in [3.05, 3.63) is 59.6 Å². The fourth-order valence-corrected chi connectivity index (χ4v) is 6.46. The average molecular weight is 546 g/mol. The number of nitrogens with one attached hydrogen (secondary N) is 1. The third-order valence-corrected chi connectivity index (χ3v) is 8.65. The van der Waals surface area contributed by atoms with E-state index in [1.807, 2.05) is 44.2 Å². The Kier molecular flexibility index (Phi) is 10.3. The Balaban J connectivity index is 1.84. The SMILES string of the molecule is CCC(=O)CCC(=O)N[C@@H](Cc1ccccc1)[C@H](O)CN(CC(C)C)S(=O)(=O)c1ccc2ncsc2c1. The zero-order valence-electron chi connectivity index (χ0n) is 21.5. The molecule has 10 heteroatoms. The number of hydrogen-bond acceptors (Lipinski definition) is 7. The molecule has 3 aromatic rings. The quantitative estimate of drug-likeness (QED) is 0.318. The van der Waals surface area contributed by atoms with Gasteiger partial charge in [-0.3, -0.25) is 9.59 Å². The van der Waals surface area contributed by atoms with E-state index in [9.17, 15) is 23.1 Å². The number of rotatable bonds is 14. The van der Waals surface area contributed by atoms with Crippen LogP contribution in [0.15, 0.2) is 58.9 Å². The van der Waals surface area contributed by atoms with Gasteiger partial charge in [-0.05, 0) is 36.1 Å². The fraction of sp³-hybridized carbons (Fsp3) is 0.444. The number of aromatic nitrogens is 1. The molecular formula is C27H35N3O5S2. The van der Waals surface area contributed by atoms with Gasteiger partial charge in [0.2, 0.25) is 15.9 Å². The third kappa shape index (κ3) is 8.16. The van der Waals surface area contributed by atoms with Crippen LogP contribution in [0.25, 0.3) is 10.2 Å². The van der Waals surface area contributed by atoms with Crippen molar-refractivity contribution < 1.29 is 23.1 Å². The molecule has 3 rings (SSSR count). The molecule has 0 unspecified atom stereocenters. The van der Waals surface area contributed by atoms with E-state index in [0.717, 1.165) is 15.8 Å². The van der Waals surface area contributed by atoms with E-state index in [-0.39, 0.29) is 48.4 Å². The van der Waals surface area contributed by atoms with Gasteiger partial charge in [0.05, 0.1) is 32.8 Å². The molecular weight excluding hydrogens is 510 g/mol. The Hall–Kier alpha value is -2.66. The lowest BCUT2D eigenvalue weighted by molar-refractivity contribution is -0.126. The Morgan fingerprint density at radius 3 is 2.49 bits per heavy atom. The van der Waals surface area contributed by atoms with Crippen LogP contribution >= 0.6 is 11.3 Å². The number of sulfonamides is 1. The fourth-order valence-electron chi connectivity index (χ4n) is 4.02. The number of thiazole rings is 1. The first-order chi connectivity index (χ1) is 17.6. The summed E-state index contributed by atoms with van der Waals surface area (Å²) >= 11 is 1.36. The van der Waals surface area contributed by atoms with Crippen LogP contribution in [0.4, 0.5) is 0 Å². The lowest BCUT2D eigenvalue weighted by Gasteiger charge is -2.30. The monoisotopic (exact) mass is 545 g/mol. The summed E-state index contributed by atoms with van der Waals surface area (Å²) < 4.78 is 29.4. The molecule has 0 saturated heterocycles. The minimum atomic E-state index is -3.93. The number of aliphatic hydroxyl groups excluding tert-OH is 1. The lowest BCUT2D eigenvalue weighted by atomic mass is 10.0. The normalized spacial score (nSPS) is 13.7. The summed E-state index contributed by atoms with van der Waals surface area (Å²) in [6, 6.07) is 13.5. The molecule has 8 nitrogen and oxygen atoms in total. The second-order valence-electron chi connectivity index (χ2n) is 9.52. The molecule has 0 saturated carbocycles. The van der Waals surface area contributed by atoms with Gasteiger partial charge < -0.3 is 10.4 Å². The topological polar surface area (TPSA) is 117 Å². The van der Waals surface area contributed by atoms with Gasteiger partial charge >= 0.3 is 0 Å². The molecule has 1 heterocycles. The maximum Gasteiger partial charge on any atom is 0.243 e. The van der Waals surface area contributed by atoms with Crippen molar-refractivity contribution >= 4 is 43.3 Å². The molecule has 0 radical (unpaired) electrons. The lowest BCUT2D eigenvalue weighted by Crippen LogP contribution is -2.51. The average Bonchev–Trinajstić information content (AvgIpc) is 3.35. The number of hydrogen-bond donors (Lipinski definition) is 2. The standard InChI is InChI=1S/C27H35N3O5S2/c1-4-21(31)10-13-27(33)29-24(14-20-8-6-5-7-9-20)25(32)17-30(16-19(2)3)37(34,35)22-11-12-23-26(15-22)36-18-28-23/h5-9,11-12,15,18-19,24-25,32H,4,10,13-14,16-17H2,1-3H3,(H,29,33)/t24-,25+/m0/s1. The van der Waals surface area contributed by atoms with E-state index >= 15 is 0 Å². The van der Waals surface area contributed by atoms with E-state index in [2.05, 4.69) is 10.3 Å². The van der Waals surface area contributed by atoms with Crippen molar-refractivity contribution in [1.29, 1.82) is 0 Å². The highest BCUT2D eigenvalue weighted by Gasteiger charge is 2.31. The Bertz CT molecular complexity index is 1290.